The van der Waals surface area contributed by atoms with Gasteiger partial charge in [-0.1, -0.05) is 25.5 Å². The molecule has 1 saturated heterocycles. The second-order valence-electron chi connectivity index (χ2n) is 9.36. The molecule has 2 bridgehead atoms. The van der Waals surface area contributed by atoms with Gasteiger partial charge in [-0.15, -0.1) is 0 Å². The Morgan fingerprint density at radius 2 is 2.15 bits per heavy atom. The lowest BCUT2D eigenvalue weighted by Gasteiger charge is -2.57. The van der Waals surface area contributed by atoms with Gasteiger partial charge in [-0.05, 0) is 68.0 Å². The molecule has 1 aliphatic heterocycles. The Labute approximate surface area is 163 Å². The number of allylic oxidation sites excluding steroid dienone is 1. The molecule has 0 aromatic carbocycles. The molecular formula is C22H34N4O. The van der Waals surface area contributed by atoms with E-state index in [0.29, 0.717) is 24.3 Å². The maximum absolute atomic E-state index is 12.0. The van der Waals surface area contributed by atoms with Gasteiger partial charge in [0.05, 0.1) is 0 Å². The summed E-state index contributed by atoms with van der Waals surface area (Å²) in [6, 6.07) is 1.89. The first kappa shape index (κ1) is 18.7. The maximum Gasteiger partial charge on any atom is 0.221 e. The molecule has 5 rings (SSSR count). The first-order chi connectivity index (χ1) is 13.0. The Hall–Kier alpha value is -1.62. The fraction of sp³-hybridized carbons (Fsp3) is 0.727. The number of hydrogen-bond donors (Lipinski definition) is 1. The van der Waals surface area contributed by atoms with Crippen LogP contribution in [0.5, 0.6) is 0 Å². The fourth-order valence-corrected chi connectivity index (χ4v) is 5.26. The van der Waals surface area contributed by atoms with Gasteiger partial charge < -0.3 is 5.32 Å². The van der Waals surface area contributed by atoms with E-state index in [9.17, 15) is 4.79 Å². The molecule has 5 heteroatoms. The molecule has 0 unspecified atom stereocenters. The Morgan fingerprint density at radius 1 is 1.33 bits per heavy atom. The summed E-state index contributed by atoms with van der Waals surface area (Å²) < 4.78 is 1.81. The first-order valence-corrected chi connectivity index (χ1v) is 10.7. The van der Waals surface area contributed by atoms with Crippen LogP contribution in [0, 0.1) is 23.2 Å². The molecule has 1 aromatic rings. The molecule has 2 fully saturated rings. The van der Waals surface area contributed by atoms with Crippen LogP contribution in [0.2, 0.25) is 0 Å². The molecule has 27 heavy (non-hydrogen) atoms. The van der Waals surface area contributed by atoms with Gasteiger partial charge in [0.15, 0.2) is 0 Å². The van der Waals surface area contributed by atoms with E-state index in [1.165, 1.54) is 45.3 Å². The van der Waals surface area contributed by atoms with E-state index in [4.69, 9.17) is 0 Å². The number of aryl methyl sites for hydroxylation is 1. The van der Waals surface area contributed by atoms with Crippen LogP contribution in [0.1, 0.15) is 46.0 Å². The van der Waals surface area contributed by atoms with Gasteiger partial charge >= 0.3 is 0 Å². The lowest BCUT2D eigenvalue weighted by Crippen LogP contribution is -2.50. The van der Waals surface area contributed by atoms with Crippen LogP contribution >= 0.6 is 0 Å². The lowest BCUT2D eigenvalue weighted by atomic mass is 9.49. The summed E-state index contributed by atoms with van der Waals surface area (Å²) in [4.78, 5) is 14.7. The van der Waals surface area contributed by atoms with Crippen molar-refractivity contribution in [2.75, 3.05) is 26.2 Å². The minimum atomic E-state index is 0.141. The number of hydrogen-bond acceptors (Lipinski definition) is 3. The molecule has 2 atom stereocenters. The Morgan fingerprint density at radius 3 is 2.81 bits per heavy atom. The van der Waals surface area contributed by atoms with E-state index in [2.05, 4.69) is 35.2 Å². The van der Waals surface area contributed by atoms with Crippen molar-refractivity contribution in [1.29, 1.82) is 0 Å². The summed E-state index contributed by atoms with van der Waals surface area (Å²) in [5.74, 6) is 2.51. The molecule has 2 heterocycles. The first-order valence-electron chi connectivity index (χ1n) is 10.7. The molecule has 148 valence electrons. The Balaban J connectivity index is 1.14. The molecule has 5 nitrogen and oxygen atoms in total. The lowest BCUT2D eigenvalue weighted by molar-refractivity contribution is -0.121. The van der Waals surface area contributed by atoms with E-state index in [1.807, 2.05) is 16.9 Å². The predicted octanol–water partition coefficient (Wildman–Crippen LogP) is 3.09. The summed E-state index contributed by atoms with van der Waals surface area (Å²) >= 11 is 0. The van der Waals surface area contributed by atoms with Crippen molar-refractivity contribution in [2.24, 2.45) is 23.2 Å². The largest absolute Gasteiger partial charge is 0.356 e. The van der Waals surface area contributed by atoms with Crippen molar-refractivity contribution in [2.45, 2.75) is 52.5 Å². The predicted molar refractivity (Wildman–Crippen MR) is 107 cm³/mol. The van der Waals surface area contributed by atoms with Crippen LogP contribution in [0.4, 0.5) is 0 Å². The van der Waals surface area contributed by atoms with Crippen molar-refractivity contribution in [1.82, 2.24) is 20.0 Å². The quantitative estimate of drug-likeness (QED) is 0.751. The van der Waals surface area contributed by atoms with Crippen molar-refractivity contribution >= 4 is 5.91 Å². The van der Waals surface area contributed by atoms with Crippen LogP contribution in [-0.4, -0.2) is 46.8 Å². The molecule has 3 aliphatic carbocycles. The number of carbonyl (C=O) groups is 1. The van der Waals surface area contributed by atoms with Gasteiger partial charge in [-0.25, -0.2) is 0 Å². The summed E-state index contributed by atoms with van der Waals surface area (Å²) in [6.07, 6.45) is 11.8. The number of carbonyl (C=O) groups excluding carboxylic acids is 1. The number of piperidine rings is 1. The van der Waals surface area contributed by atoms with Crippen molar-refractivity contribution < 1.29 is 4.79 Å². The van der Waals surface area contributed by atoms with Gasteiger partial charge in [0, 0.05) is 38.4 Å². The topological polar surface area (TPSA) is 50.2 Å². The Kier molecular flexibility index (Phi) is 5.40. The molecule has 4 aliphatic rings. The zero-order chi connectivity index (χ0) is 18.9. The smallest absolute Gasteiger partial charge is 0.221 e. The molecule has 1 saturated carbocycles. The number of amides is 1. The number of fused-ring (bicyclic) bond motifs is 1. The van der Waals surface area contributed by atoms with Crippen molar-refractivity contribution in [3.05, 3.63) is 30.1 Å². The summed E-state index contributed by atoms with van der Waals surface area (Å²) in [5.41, 5.74) is 2.23. The molecule has 1 N–H and O–H groups in total. The molecule has 1 aromatic heterocycles. The SMILES string of the molecule is CC1(C)[C@H]2CC=C(CN3CCC(CNC(=O)CCn4cccn4)CC3)[C@@H]1C2. The normalized spacial score (nSPS) is 27.7. The van der Waals surface area contributed by atoms with Crippen molar-refractivity contribution in [3.8, 4) is 0 Å². The van der Waals surface area contributed by atoms with Crippen LogP contribution in [0.15, 0.2) is 30.1 Å². The molecule has 0 spiro atoms. The summed E-state index contributed by atoms with van der Waals surface area (Å²) in [5, 5.41) is 7.26. The zero-order valence-corrected chi connectivity index (χ0v) is 16.9. The minimum absolute atomic E-state index is 0.141. The summed E-state index contributed by atoms with van der Waals surface area (Å²) in [6.45, 7) is 9.91. The van der Waals surface area contributed by atoms with Crippen LogP contribution in [0.3, 0.4) is 0 Å². The minimum Gasteiger partial charge on any atom is -0.356 e. The standard InChI is InChI=1S/C22H34N4O/c1-22(2)19-5-4-18(20(22)14-19)16-25-11-6-17(7-12-25)15-23-21(27)8-13-26-10-3-9-24-26/h3-4,9-10,17,19-20H,5-8,11-16H2,1-2H3,(H,23,27)/t19-,20-/m0/s1. The van der Waals surface area contributed by atoms with Gasteiger partial charge in [-0.2, -0.15) is 5.10 Å². The fourth-order valence-electron chi connectivity index (χ4n) is 5.26. The average Bonchev–Trinajstić information content (AvgIpc) is 3.19. The molecule has 1 amide bonds. The summed E-state index contributed by atoms with van der Waals surface area (Å²) in [7, 11) is 0. The van der Waals surface area contributed by atoms with E-state index in [-0.39, 0.29) is 5.91 Å². The number of nitrogens with one attached hydrogen (secondary N) is 1. The monoisotopic (exact) mass is 370 g/mol. The highest BCUT2D eigenvalue weighted by Crippen LogP contribution is 2.59. The zero-order valence-electron chi connectivity index (χ0n) is 16.9. The van der Waals surface area contributed by atoms with E-state index < -0.39 is 0 Å². The van der Waals surface area contributed by atoms with E-state index in [1.54, 1.807) is 11.8 Å². The van der Waals surface area contributed by atoms with Crippen LogP contribution in [0.25, 0.3) is 0 Å². The number of aromatic nitrogens is 2. The van der Waals surface area contributed by atoms with Crippen molar-refractivity contribution in [3.63, 3.8) is 0 Å². The van der Waals surface area contributed by atoms with Gasteiger partial charge in [0.25, 0.3) is 0 Å². The Bertz CT molecular complexity index is 670. The number of rotatable bonds is 7. The van der Waals surface area contributed by atoms with E-state index in [0.717, 1.165) is 18.4 Å². The second-order valence-corrected chi connectivity index (χ2v) is 9.36. The van der Waals surface area contributed by atoms with Crippen LogP contribution < -0.4 is 5.32 Å². The highest BCUT2D eigenvalue weighted by molar-refractivity contribution is 5.75. The highest BCUT2D eigenvalue weighted by Gasteiger charge is 2.51. The highest BCUT2D eigenvalue weighted by atomic mass is 16.1. The van der Waals surface area contributed by atoms with Crippen LogP contribution in [-0.2, 0) is 11.3 Å². The number of likely N-dealkylation sites (tertiary alicyclic amines) is 1. The van der Waals surface area contributed by atoms with Gasteiger partial charge in [-0.3, -0.25) is 14.4 Å². The molecule has 0 radical (unpaired) electrons. The average molecular weight is 371 g/mol. The maximum atomic E-state index is 12.0. The molecular weight excluding hydrogens is 336 g/mol. The van der Waals surface area contributed by atoms with Gasteiger partial charge in [0.2, 0.25) is 5.91 Å². The number of nitrogens with zero attached hydrogens (tertiary/aromatic N) is 3. The third-order valence-corrected chi connectivity index (χ3v) is 7.41. The second kappa shape index (κ2) is 7.78. The third-order valence-electron chi connectivity index (χ3n) is 7.41. The van der Waals surface area contributed by atoms with Gasteiger partial charge in [0.1, 0.15) is 0 Å². The third kappa shape index (κ3) is 4.13. The van der Waals surface area contributed by atoms with E-state index >= 15 is 0 Å².